The van der Waals surface area contributed by atoms with Gasteiger partial charge >= 0.3 is 5.97 Å². The lowest BCUT2D eigenvalue weighted by Gasteiger charge is -2.31. The monoisotopic (exact) mass is 448 g/mol. The lowest BCUT2D eigenvalue weighted by Crippen LogP contribution is -2.39. The van der Waals surface area contributed by atoms with Gasteiger partial charge in [-0.15, -0.1) is 0 Å². The summed E-state index contributed by atoms with van der Waals surface area (Å²) >= 11 is 0. The predicted molar refractivity (Wildman–Crippen MR) is 131 cm³/mol. The summed E-state index contributed by atoms with van der Waals surface area (Å²) in [5, 5.41) is 9.32. The molecule has 176 valence electrons. The van der Waals surface area contributed by atoms with Gasteiger partial charge in [0.2, 0.25) is 5.91 Å². The molecule has 0 aliphatic carbocycles. The Hall–Kier alpha value is -2.66. The second-order valence-electron chi connectivity index (χ2n) is 10.4. The smallest absolute Gasteiger partial charge is 0.309 e. The zero-order chi connectivity index (χ0) is 23.6. The molecule has 5 heteroatoms. The van der Waals surface area contributed by atoms with Crippen LogP contribution in [0.1, 0.15) is 56.7 Å². The highest BCUT2D eigenvalue weighted by Gasteiger charge is 2.33. The second-order valence-corrected chi connectivity index (χ2v) is 10.4. The highest BCUT2D eigenvalue weighted by Crippen LogP contribution is 2.29. The van der Waals surface area contributed by atoms with Crippen LogP contribution >= 0.6 is 0 Å². The van der Waals surface area contributed by atoms with E-state index in [9.17, 15) is 14.7 Å². The van der Waals surface area contributed by atoms with E-state index in [2.05, 4.69) is 54.3 Å². The van der Waals surface area contributed by atoms with E-state index in [0.717, 1.165) is 31.0 Å². The molecule has 2 aromatic carbocycles. The molecular formula is C28H36N2O3. The van der Waals surface area contributed by atoms with Crippen LogP contribution in [0.4, 0.5) is 0 Å². The maximum absolute atomic E-state index is 12.7. The summed E-state index contributed by atoms with van der Waals surface area (Å²) < 4.78 is 0. The maximum Gasteiger partial charge on any atom is 0.309 e. The molecule has 33 heavy (non-hydrogen) atoms. The minimum Gasteiger partial charge on any atom is -0.481 e. The number of rotatable bonds is 7. The molecule has 1 atom stereocenters. The summed E-state index contributed by atoms with van der Waals surface area (Å²) in [6.07, 6.45) is 4.57. The quantitative estimate of drug-likeness (QED) is 0.663. The fraction of sp³-hybridized carbons (Fsp3) is 0.500. The Morgan fingerprint density at radius 1 is 1.03 bits per heavy atom. The Kier molecular flexibility index (Phi) is 6.89. The topological polar surface area (TPSA) is 60.9 Å². The van der Waals surface area contributed by atoms with Crippen molar-refractivity contribution in [1.29, 1.82) is 0 Å². The number of nitrogens with zero attached hydrogens (tertiary/aromatic N) is 2. The normalized spacial score (nSPS) is 18.9. The van der Waals surface area contributed by atoms with Gasteiger partial charge in [-0.25, -0.2) is 0 Å². The van der Waals surface area contributed by atoms with Crippen molar-refractivity contribution in [3.8, 4) is 11.1 Å². The molecular weight excluding hydrogens is 412 g/mol. The number of aliphatic carboxylic acids is 1. The molecule has 1 saturated heterocycles. The first kappa shape index (κ1) is 23.5. The molecule has 0 aromatic heterocycles. The van der Waals surface area contributed by atoms with Gasteiger partial charge in [0, 0.05) is 32.1 Å². The molecule has 0 saturated carbocycles. The number of hydrogen-bond donors (Lipinski definition) is 1. The van der Waals surface area contributed by atoms with Crippen molar-refractivity contribution in [2.45, 2.75) is 65.5 Å². The first-order valence-corrected chi connectivity index (χ1v) is 12.2. The largest absolute Gasteiger partial charge is 0.481 e. The van der Waals surface area contributed by atoms with Crippen molar-refractivity contribution in [2.75, 3.05) is 19.6 Å². The molecule has 0 bridgehead atoms. The molecule has 4 rings (SSSR count). The maximum atomic E-state index is 12.7. The number of carboxylic acid groups (broad SMARTS) is 1. The van der Waals surface area contributed by atoms with Gasteiger partial charge in [0.15, 0.2) is 0 Å². The fourth-order valence-electron chi connectivity index (χ4n) is 4.97. The minimum absolute atomic E-state index is 0.0266. The summed E-state index contributed by atoms with van der Waals surface area (Å²) in [6.45, 7) is 9.10. The third-order valence-corrected chi connectivity index (χ3v) is 7.41. The van der Waals surface area contributed by atoms with Gasteiger partial charge in [-0.1, -0.05) is 42.5 Å². The third kappa shape index (κ3) is 5.47. The van der Waals surface area contributed by atoms with E-state index in [1.54, 1.807) is 18.7 Å². The number of likely N-dealkylation sites (tertiary alicyclic amines) is 1. The molecule has 2 aliphatic heterocycles. The van der Waals surface area contributed by atoms with Crippen LogP contribution in [0.25, 0.3) is 11.1 Å². The van der Waals surface area contributed by atoms with Crippen LogP contribution in [0, 0.1) is 5.41 Å². The third-order valence-electron chi connectivity index (χ3n) is 7.41. The molecule has 5 nitrogen and oxygen atoms in total. The van der Waals surface area contributed by atoms with Gasteiger partial charge in [-0.05, 0) is 80.8 Å². The summed E-state index contributed by atoms with van der Waals surface area (Å²) in [7, 11) is 0. The standard InChI is InChI=1S/C28H36N2O3/c1-20-5-4-14-29(20)15-12-21-6-8-22(9-7-21)23-10-11-25-19-30(16-13-24(25)17-23)26(31)18-28(2,3)27(32)33/h6-11,17,20H,4-5,12-16,18-19H2,1-3H3,(H,32,33). The van der Waals surface area contributed by atoms with Gasteiger partial charge in [-0.2, -0.15) is 0 Å². The van der Waals surface area contributed by atoms with Crippen LogP contribution in [0.3, 0.4) is 0 Å². The molecule has 0 spiro atoms. The number of carboxylic acids is 1. The van der Waals surface area contributed by atoms with Crippen LogP contribution in [0.15, 0.2) is 42.5 Å². The zero-order valence-electron chi connectivity index (χ0n) is 20.1. The Morgan fingerprint density at radius 3 is 2.42 bits per heavy atom. The number of carbonyl (C=O) groups is 2. The SMILES string of the molecule is CC1CCCN1CCc1ccc(-c2ccc3c(c2)CCN(C(=O)CC(C)(C)C(=O)O)C3)cc1. The minimum atomic E-state index is -1.04. The molecule has 1 N–H and O–H groups in total. The number of fused-ring (bicyclic) bond motifs is 1. The zero-order valence-corrected chi connectivity index (χ0v) is 20.1. The molecule has 1 amide bonds. The van der Waals surface area contributed by atoms with E-state index in [1.165, 1.54) is 41.6 Å². The van der Waals surface area contributed by atoms with Crippen molar-refractivity contribution in [2.24, 2.45) is 5.41 Å². The van der Waals surface area contributed by atoms with E-state index in [-0.39, 0.29) is 12.3 Å². The average Bonchev–Trinajstić information content (AvgIpc) is 3.21. The molecule has 2 aliphatic rings. The van der Waals surface area contributed by atoms with Crippen LogP contribution in [-0.2, 0) is 29.0 Å². The van der Waals surface area contributed by atoms with E-state index >= 15 is 0 Å². The molecule has 2 aromatic rings. The van der Waals surface area contributed by atoms with E-state index in [1.807, 2.05) is 0 Å². The molecule has 1 unspecified atom stereocenters. The fourth-order valence-corrected chi connectivity index (χ4v) is 4.97. The number of carbonyl (C=O) groups excluding carboxylic acids is 1. The average molecular weight is 449 g/mol. The van der Waals surface area contributed by atoms with Crippen LogP contribution in [0.2, 0.25) is 0 Å². The van der Waals surface area contributed by atoms with Crippen molar-refractivity contribution >= 4 is 11.9 Å². The van der Waals surface area contributed by atoms with Crippen molar-refractivity contribution in [3.63, 3.8) is 0 Å². The van der Waals surface area contributed by atoms with E-state index in [4.69, 9.17) is 0 Å². The first-order chi connectivity index (χ1) is 15.7. The van der Waals surface area contributed by atoms with Gasteiger partial charge in [0.1, 0.15) is 0 Å². The Bertz CT molecular complexity index is 1010. The summed E-state index contributed by atoms with van der Waals surface area (Å²) in [5.41, 5.74) is 5.20. The van der Waals surface area contributed by atoms with Crippen LogP contribution < -0.4 is 0 Å². The van der Waals surface area contributed by atoms with Gasteiger partial charge in [0.05, 0.1) is 5.41 Å². The number of amides is 1. The Morgan fingerprint density at radius 2 is 1.76 bits per heavy atom. The van der Waals surface area contributed by atoms with Crippen molar-refractivity contribution in [3.05, 3.63) is 59.2 Å². The molecule has 1 fully saturated rings. The van der Waals surface area contributed by atoms with E-state index < -0.39 is 11.4 Å². The first-order valence-electron chi connectivity index (χ1n) is 12.2. The highest BCUT2D eigenvalue weighted by atomic mass is 16.4. The Balaban J connectivity index is 1.38. The van der Waals surface area contributed by atoms with Gasteiger partial charge < -0.3 is 14.9 Å². The van der Waals surface area contributed by atoms with Gasteiger partial charge in [-0.3, -0.25) is 9.59 Å². The molecule has 0 radical (unpaired) electrons. The lowest BCUT2D eigenvalue weighted by molar-refractivity contribution is -0.151. The Labute approximate surface area is 197 Å². The number of benzene rings is 2. The van der Waals surface area contributed by atoms with Crippen molar-refractivity contribution < 1.29 is 14.7 Å². The molecule has 2 heterocycles. The van der Waals surface area contributed by atoms with E-state index in [0.29, 0.717) is 13.1 Å². The van der Waals surface area contributed by atoms with Crippen LogP contribution in [0.5, 0.6) is 0 Å². The summed E-state index contributed by atoms with van der Waals surface area (Å²) in [5.74, 6) is -1.02. The van der Waals surface area contributed by atoms with Crippen molar-refractivity contribution in [1.82, 2.24) is 9.80 Å². The van der Waals surface area contributed by atoms with Crippen LogP contribution in [-0.4, -0.2) is 52.5 Å². The number of hydrogen-bond acceptors (Lipinski definition) is 3. The van der Waals surface area contributed by atoms with Gasteiger partial charge in [0.25, 0.3) is 0 Å². The lowest BCUT2D eigenvalue weighted by atomic mass is 9.88. The predicted octanol–water partition coefficient (Wildman–Crippen LogP) is 4.77. The summed E-state index contributed by atoms with van der Waals surface area (Å²) in [4.78, 5) is 28.4. The second kappa shape index (κ2) is 9.68. The highest BCUT2D eigenvalue weighted by molar-refractivity contribution is 5.84. The summed E-state index contributed by atoms with van der Waals surface area (Å²) in [6, 6.07) is 16.2.